The molecular formula is C24H28F2N6S. The van der Waals surface area contributed by atoms with Crippen LogP contribution in [0.4, 0.5) is 20.5 Å². The van der Waals surface area contributed by atoms with Crippen molar-refractivity contribution >= 4 is 33.3 Å². The summed E-state index contributed by atoms with van der Waals surface area (Å²) in [5.41, 5.74) is 3.77. The molecule has 6 nitrogen and oxygen atoms in total. The molecule has 174 valence electrons. The first-order valence-electron chi connectivity index (χ1n) is 12.0. The third kappa shape index (κ3) is 4.39. The standard InChI is InChI=1S/C24H28F2N6S/c1-12-18(23-31-20-17(33-23)8-9-27-19(20)14-4-5-14)22(30-16-7-6-15(10-16)21(25)26)32-24(29-12)28-11-13-2-3-13/h8-9,13-16,21H,2-7,10-11H2,1H3,(H2,28,29,30,32). The van der Waals surface area contributed by atoms with E-state index in [-0.39, 0.29) is 6.04 Å². The summed E-state index contributed by atoms with van der Waals surface area (Å²) in [5, 5.41) is 7.72. The summed E-state index contributed by atoms with van der Waals surface area (Å²) in [4.78, 5) is 19.1. The highest BCUT2D eigenvalue weighted by Crippen LogP contribution is 2.44. The summed E-state index contributed by atoms with van der Waals surface area (Å²) >= 11 is 1.62. The maximum absolute atomic E-state index is 13.3. The molecule has 0 bridgehead atoms. The van der Waals surface area contributed by atoms with Gasteiger partial charge in [-0.15, -0.1) is 11.3 Å². The van der Waals surface area contributed by atoms with Gasteiger partial charge in [-0.3, -0.25) is 4.98 Å². The van der Waals surface area contributed by atoms with E-state index in [1.54, 1.807) is 11.3 Å². The third-order valence-corrected chi connectivity index (χ3v) is 8.06. The fourth-order valence-corrected chi connectivity index (χ4v) is 5.84. The van der Waals surface area contributed by atoms with Gasteiger partial charge in [-0.05, 0) is 63.9 Å². The van der Waals surface area contributed by atoms with Crippen molar-refractivity contribution < 1.29 is 8.78 Å². The number of aromatic nitrogens is 4. The summed E-state index contributed by atoms with van der Waals surface area (Å²) in [7, 11) is 0. The third-order valence-electron chi connectivity index (χ3n) is 7.02. The van der Waals surface area contributed by atoms with Gasteiger partial charge in [-0.25, -0.2) is 18.7 Å². The molecule has 0 aromatic carbocycles. The number of rotatable bonds is 8. The lowest BCUT2D eigenvalue weighted by Crippen LogP contribution is -2.20. The molecule has 2 N–H and O–H groups in total. The summed E-state index contributed by atoms with van der Waals surface area (Å²) in [5.74, 6) is 1.95. The fourth-order valence-electron chi connectivity index (χ4n) is 4.78. The largest absolute Gasteiger partial charge is 0.367 e. The molecule has 3 saturated carbocycles. The van der Waals surface area contributed by atoms with Crippen molar-refractivity contribution in [3.05, 3.63) is 23.7 Å². The minimum Gasteiger partial charge on any atom is -0.367 e. The molecule has 0 spiro atoms. The number of pyridine rings is 1. The van der Waals surface area contributed by atoms with Crippen LogP contribution in [0.1, 0.15) is 62.3 Å². The molecule has 2 atom stereocenters. The van der Waals surface area contributed by atoms with E-state index in [2.05, 4.69) is 15.6 Å². The summed E-state index contributed by atoms with van der Waals surface area (Å²) in [6.07, 6.45) is 6.15. The molecule has 3 aliphatic rings. The average molecular weight is 471 g/mol. The summed E-state index contributed by atoms with van der Waals surface area (Å²) in [6, 6.07) is 1.99. The number of fused-ring (bicyclic) bond motifs is 1. The number of nitrogens with one attached hydrogen (secondary N) is 2. The zero-order valence-corrected chi connectivity index (χ0v) is 19.5. The van der Waals surface area contributed by atoms with Crippen LogP contribution in [0.25, 0.3) is 20.8 Å². The number of hydrogen-bond acceptors (Lipinski definition) is 7. The Morgan fingerprint density at radius 3 is 2.67 bits per heavy atom. The molecule has 6 rings (SSSR count). The molecular weight excluding hydrogens is 442 g/mol. The van der Waals surface area contributed by atoms with Gasteiger partial charge in [-0.2, -0.15) is 4.98 Å². The van der Waals surface area contributed by atoms with Gasteiger partial charge in [-0.1, -0.05) is 0 Å². The highest BCUT2D eigenvalue weighted by Gasteiger charge is 2.33. The maximum atomic E-state index is 13.3. The van der Waals surface area contributed by atoms with Crippen LogP contribution in [0.5, 0.6) is 0 Å². The van der Waals surface area contributed by atoms with Crippen LogP contribution in [0.2, 0.25) is 0 Å². The molecule has 3 aromatic heterocycles. The first-order chi connectivity index (χ1) is 16.0. The molecule has 0 amide bonds. The second kappa shape index (κ2) is 8.42. The Morgan fingerprint density at radius 1 is 1.09 bits per heavy atom. The van der Waals surface area contributed by atoms with Crippen LogP contribution in [-0.4, -0.2) is 38.9 Å². The van der Waals surface area contributed by atoms with Crippen molar-refractivity contribution in [1.29, 1.82) is 0 Å². The number of anilines is 2. The van der Waals surface area contributed by atoms with E-state index in [1.807, 2.05) is 19.2 Å². The molecule has 9 heteroatoms. The molecule has 2 unspecified atom stereocenters. The topological polar surface area (TPSA) is 75.6 Å². The fraction of sp³-hybridized carbons (Fsp3) is 0.583. The number of nitrogens with zero attached hydrogens (tertiary/aromatic N) is 4. The lowest BCUT2D eigenvalue weighted by atomic mass is 10.1. The number of thiazole rings is 1. The molecule has 3 fully saturated rings. The van der Waals surface area contributed by atoms with Crippen molar-refractivity contribution in [2.45, 2.75) is 70.3 Å². The Kier molecular flexibility index (Phi) is 5.39. The van der Waals surface area contributed by atoms with E-state index in [0.717, 1.165) is 45.1 Å². The Bertz CT molecular complexity index is 1170. The van der Waals surface area contributed by atoms with Gasteiger partial charge in [0.15, 0.2) is 0 Å². The van der Waals surface area contributed by atoms with Gasteiger partial charge in [0.25, 0.3) is 0 Å². The molecule has 0 saturated heterocycles. The van der Waals surface area contributed by atoms with E-state index >= 15 is 0 Å². The van der Waals surface area contributed by atoms with Crippen LogP contribution >= 0.6 is 11.3 Å². The Hall–Kier alpha value is -2.42. The maximum Gasteiger partial charge on any atom is 0.241 e. The van der Waals surface area contributed by atoms with Crippen LogP contribution in [-0.2, 0) is 0 Å². The average Bonchev–Trinajstić information content (AvgIpc) is 3.71. The van der Waals surface area contributed by atoms with Crippen LogP contribution in [0, 0.1) is 18.8 Å². The van der Waals surface area contributed by atoms with E-state index < -0.39 is 12.3 Å². The van der Waals surface area contributed by atoms with Gasteiger partial charge < -0.3 is 10.6 Å². The number of aryl methyl sites for hydroxylation is 1. The van der Waals surface area contributed by atoms with Crippen molar-refractivity contribution in [3.63, 3.8) is 0 Å². The first kappa shape index (κ1) is 21.1. The van der Waals surface area contributed by atoms with Gasteiger partial charge in [0.05, 0.1) is 21.7 Å². The lowest BCUT2D eigenvalue weighted by Gasteiger charge is -2.18. The highest BCUT2D eigenvalue weighted by molar-refractivity contribution is 7.21. The highest BCUT2D eigenvalue weighted by atomic mass is 32.1. The smallest absolute Gasteiger partial charge is 0.241 e. The zero-order chi connectivity index (χ0) is 22.5. The molecule has 0 radical (unpaired) electrons. The second-order valence-corrected chi connectivity index (χ2v) is 10.8. The zero-order valence-electron chi connectivity index (χ0n) is 18.7. The second-order valence-electron chi connectivity index (χ2n) is 9.77. The Morgan fingerprint density at radius 2 is 1.94 bits per heavy atom. The predicted molar refractivity (Wildman–Crippen MR) is 127 cm³/mol. The normalized spacial score (nSPS) is 22.9. The van der Waals surface area contributed by atoms with E-state index in [0.29, 0.717) is 36.4 Å². The molecule has 33 heavy (non-hydrogen) atoms. The minimum absolute atomic E-state index is 0.0218. The van der Waals surface area contributed by atoms with Gasteiger partial charge >= 0.3 is 0 Å². The summed E-state index contributed by atoms with van der Waals surface area (Å²) < 4.78 is 27.6. The van der Waals surface area contributed by atoms with Crippen molar-refractivity contribution in [2.24, 2.45) is 11.8 Å². The lowest BCUT2D eigenvalue weighted by molar-refractivity contribution is 0.0803. The minimum atomic E-state index is -2.27. The monoisotopic (exact) mass is 470 g/mol. The molecule has 0 aliphatic heterocycles. The van der Waals surface area contributed by atoms with Gasteiger partial charge in [0, 0.05) is 30.6 Å². The van der Waals surface area contributed by atoms with Crippen LogP contribution in [0.3, 0.4) is 0 Å². The van der Waals surface area contributed by atoms with Crippen LogP contribution < -0.4 is 10.6 Å². The van der Waals surface area contributed by atoms with E-state index in [4.69, 9.17) is 15.0 Å². The molecule has 3 aromatic rings. The van der Waals surface area contributed by atoms with E-state index in [1.165, 1.54) is 25.7 Å². The quantitative estimate of drug-likeness (QED) is 0.420. The first-order valence-corrected chi connectivity index (χ1v) is 12.8. The molecule has 3 heterocycles. The Balaban J connectivity index is 1.37. The van der Waals surface area contributed by atoms with Gasteiger partial charge in [0.2, 0.25) is 12.4 Å². The van der Waals surface area contributed by atoms with E-state index in [9.17, 15) is 8.78 Å². The predicted octanol–water partition coefficient (Wildman–Crippen LogP) is 6.00. The summed E-state index contributed by atoms with van der Waals surface area (Å²) in [6.45, 7) is 2.85. The van der Waals surface area contributed by atoms with Crippen molar-refractivity contribution in [3.8, 4) is 10.6 Å². The van der Waals surface area contributed by atoms with Crippen molar-refractivity contribution in [2.75, 3.05) is 17.2 Å². The van der Waals surface area contributed by atoms with Gasteiger partial charge in [0.1, 0.15) is 16.3 Å². The van der Waals surface area contributed by atoms with Crippen molar-refractivity contribution in [1.82, 2.24) is 19.9 Å². The Labute approximate surface area is 195 Å². The number of halogens is 2. The van der Waals surface area contributed by atoms with Crippen LogP contribution in [0.15, 0.2) is 12.3 Å². The number of hydrogen-bond donors (Lipinski definition) is 2. The SMILES string of the molecule is Cc1nc(NCC2CC2)nc(NC2CCC(C(F)F)C2)c1-c1nc2c(C3CC3)nccc2s1. The number of alkyl halides is 2. The molecule has 3 aliphatic carbocycles.